The highest BCUT2D eigenvalue weighted by molar-refractivity contribution is 5.91. The Bertz CT molecular complexity index is 968. The second-order valence-corrected chi connectivity index (χ2v) is 13.5. The van der Waals surface area contributed by atoms with Gasteiger partial charge >= 0.3 is 5.97 Å². The van der Waals surface area contributed by atoms with Gasteiger partial charge in [0.05, 0.1) is 18.3 Å². The number of hydrogen-bond donors (Lipinski definition) is 5. The molecule has 38 heavy (non-hydrogen) atoms. The Hall–Kier alpha value is -1.07. The lowest BCUT2D eigenvalue weighted by Crippen LogP contribution is -2.63. The zero-order chi connectivity index (χ0) is 27.0. The Labute approximate surface area is 224 Å². The minimum Gasteiger partial charge on any atom is -0.458 e. The zero-order valence-corrected chi connectivity index (χ0v) is 22.5. The van der Waals surface area contributed by atoms with Crippen molar-refractivity contribution in [2.75, 3.05) is 13.2 Å². The number of cyclic esters (lactones) is 1. The summed E-state index contributed by atoms with van der Waals surface area (Å²) in [6.45, 7) is 4.46. The fourth-order valence-corrected chi connectivity index (χ4v) is 9.84. The van der Waals surface area contributed by atoms with E-state index in [-0.39, 0.29) is 34.7 Å². The average Bonchev–Trinajstić information content (AvgIpc) is 3.43. The van der Waals surface area contributed by atoms with Gasteiger partial charge in [-0.3, -0.25) is 0 Å². The predicted molar refractivity (Wildman–Crippen MR) is 134 cm³/mol. The van der Waals surface area contributed by atoms with Crippen LogP contribution in [0.15, 0.2) is 11.6 Å². The van der Waals surface area contributed by atoms with Crippen LogP contribution in [0.5, 0.6) is 0 Å². The number of hydrogen-bond acceptors (Lipinski definition) is 9. The summed E-state index contributed by atoms with van der Waals surface area (Å²) in [5.41, 5.74) is -0.274. The number of fused-ring (bicyclic) bond motifs is 5. The Morgan fingerprint density at radius 1 is 0.974 bits per heavy atom. The van der Waals surface area contributed by atoms with Crippen molar-refractivity contribution >= 4 is 5.97 Å². The van der Waals surface area contributed by atoms with Crippen molar-refractivity contribution in [3.05, 3.63) is 11.6 Å². The number of aliphatic hydroxyl groups is 5. The largest absolute Gasteiger partial charge is 0.458 e. The van der Waals surface area contributed by atoms with Gasteiger partial charge in [0.2, 0.25) is 0 Å². The van der Waals surface area contributed by atoms with E-state index in [0.717, 1.165) is 63.4 Å². The van der Waals surface area contributed by atoms with Gasteiger partial charge in [-0.05, 0) is 93.0 Å². The number of ether oxygens (including phenoxy) is 3. The molecule has 9 nitrogen and oxygen atoms in total. The molecule has 0 radical (unpaired) electrons. The summed E-state index contributed by atoms with van der Waals surface area (Å²) in [4.78, 5) is 12.4. The van der Waals surface area contributed by atoms with E-state index in [9.17, 15) is 30.3 Å². The summed E-state index contributed by atoms with van der Waals surface area (Å²) < 4.78 is 17.0. The smallest absolute Gasteiger partial charge is 0.334 e. The molecule has 6 rings (SSSR count). The lowest BCUT2D eigenvalue weighted by Gasteiger charge is -2.63. The molecule has 2 aliphatic heterocycles. The highest BCUT2D eigenvalue weighted by Crippen LogP contribution is 2.70. The molecule has 13 atom stereocenters. The minimum absolute atomic E-state index is 0.0525. The molecule has 5 fully saturated rings. The number of esters is 1. The molecular formula is C29H44O9. The maximum atomic E-state index is 12.4. The van der Waals surface area contributed by atoms with Crippen LogP contribution in [0, 0.1) is 34.5 Å². The van der Waals surface area contributed by atoms with Crippen molar-refractivity contribution in [3.8, 4) is 0 Å². The van der Waals surface area contributed by atoms with E-state index in [2.05, 4.69) is 13.8 Å². The van der Waals surface area contributed by atoms with Crippen molar-refractivity contribution < 1.29 is 44.5 Å². The van der Waals surface area contributed by atoms with E-state index in [4.69, 9.17) is 14.2 Å². The lowest BCUT2D eigenvalue weighted by atomic mass is 9.43. The van der Waals surface area contributed by atoms with Gasteiger partial charge in [0, 0.05) is 11.0 Å². The molecule has 4 aliphatic carbocycles. The van der Waals surface area contributed by atoms with Gasteiger partial charge < -0.3 is 39.7 Å². The van der Waals surface area contributed by atoms with Crippen molar-refractivity contribution in [1.82, 2.24) is 0 Å². The maximum Gasteiger partial charge on any atom is 0.334 e. The third kappa shape index (κ3) is 3.80. The van der Waals surface area contributed by atoms with Gasteiger partial charge in [-0.2, -0.15) is 0 Å². The van der Waals surface area contributed by atoms with E-state index in [1.54, 1.807) is 0 Å². The fraction of sp³-hybridized carbons (Fsp3) is 0.897. The van der Waals surface area contributed by atoms with Gasteiger partial charge in [0.1, 0.15) is 31.0 Å². The Kier molecular flexibility index (Phi) is 6.78. The summed E-state index contributed by atoms with van der Waals surface area (Å²) >= 11 is 0. The van der Waals surface area contributed by atoms with Gasteiger partial charge in [-0.1, -0.05) is 13.8 Å². The molecule has 0 spiro atoms. The first kappa shape index (κ1) is 27.1. The molecule has 0 amide bonds. The van der Waals surface area contributed by atoms with Gasteiger partial charge in [0.15, 0.2) is 6.29 Å². The molecule has 214 valence electrons. The molecule has 9 heteroatoms. The second-order valence-electron chi connectivity index (χ2n) is 13.5. The van der Waals surface area contributed by atoms with Crippen LogP contribution in [-0.2, 0) is 19.0 Å². The number of rotatable bonds is 4. The monoisotopic (exact) mass is 536 g/mol. The van der Waals surface area contributed by atoms with Crippen LogP contribution in [0.2, 0.25) is 0 Å². The topological polar surface area (TPSA) is 146 Å². The minimum atomic E-state index is -1.44. The van der Waals surface area contributed by atoms with E-state index in [0.29, 0.717) is 18.4 Å². The van der Waals surface area contributed by atoms with Crippen LogP contribution in [0.1, 0.15) is 71.6 Å². The summed E-state index contributed by atoms with van der Waals surface area (Å²) in [6, 6.07) is 0. The first-order valence-corrected chi connectivity index (χ1v) is 14.6. The molecule has 0 bridgehead atoms. The molecule has 8 unspecified atom stereocenters. The molecule has 0 aromatic rings. The normalized spacial score (nSPS) is 54.5. The molecule has 0 aromatic carbocycles. The predicted octanol–water partition coefficient (Wildman–Crippen LogP) is 1.43. The van der Waals surface area contributed by atoms with Crippen LogP contribution >= 0.6 is 0 Å². The Balaban J connectivity index is 1.16. The van der Waals surface area contributed by atoms with Crippen molar-refractivity contribution in [3.63, 3.8) is 0 Å². The standard InChI is InChI=1S/C29H44O9/c1-27-9-5-16(37-26-24(33)23(32)22(31)21(14-30)38-26)13-15(27)3-4-20-19(27)6-10-28(2)18(7-11-29(20,28)35)17-8-12-36-25(17)34/h8,15-16,18-24,26,30-33,35H,3-7,9-14H2,1-2H3/t15?,16?,18?,19-,20+,21?,22?,23?,24?,26?,27-,28+,29+/m0/s1. The number of aliphatic hydroxyl groups excluding tert-OH is 4. The van der Waals surface area contributed by atoms with Gasteiger partial charge in [-0.15, -0.1) is 0 Å². The number of carbonyl (C=O) groups is 1. The highest BCUT2D eigenvalue weighted by atomic mass is 16.7. The Morgan fingerprint density at radius 3 is 2.47 bits per heavy atom. The van der Waals surface area contributed by atoms with E-state index >= 15 is 0 Å². The quantitative estimate of drug-likeness (QED) is 0.266. The molecule has 2 heterocycles. The summed E-state index contributed by atoms with van der Waals surface area (Å²) in [5.74, 6) is 0.849. The lowest BCUT2D eigenvalue weighted by molar-refractivity contribution is -0.317. The SMILES string of the molecule is C[C@]12CCC(OC3OC(CO)C(O)C(O)C3O)CC1CC[C@@H]1[C@@H]2CC[C@]2(C)C(C3=CCOC3=O)CC[C@@]12O. The van der Waals surface area contributed by atoms with Gasteiger partial charge in [0.25, 0.3) is 0 Å². The van der Waals surface area contributed by atoms with E-state index < -0.39 is 42.9 Å². The van der Waals surface area contributed by atoms with Crippen molar-refractivity contribution in [2.45, 2.75) is 114 Å². The maximum absolute atomic E-state index is 12.4. The summed E-state index contributed by atoms with van der Waals surface area (Å²) in [7, 11) is 0. The van der Waals surface area contributed by atoms with Crippen LogP contribution in [0.4, 0.5) is 0 Å². The first-order chi connectivity index (χ1) is 18.0. The van der Waals surface area contributed by atoms with Crippen LogP contribution < -0.4 is 0 Å². The summed E-state index contributed by atoms with van der Waals surface area (Å²) in [6.07, 6.45) is 3.42. The summed E-state index contributed by atoms with van der Waals surface area (Å²) in [5, 5.41) is 52.5. The van der Waals surface area contributed by atoms with E-state index in [1.165, 1.54) is 0 Å². The zero-order valence-electron chi connectivity index (χ0n) is 22.5. The molecule has 5 N–H and O–H groups in total. The fourth-order valence-electron chi connectivity index (χ4n) is 9.84. The third-order valence-electron chi connectivity index (χ3n) is 12.1. The molecule has 4 saturated carbocycles. The second kappa shape index (κ2) is 9.50. The third-order valence-corrected chi connectivity index (χ3v) is 12.1. The average molecular weight is 537 g/mol. The molecule has 1 saturated heterocycles. The van der Waals surface area contributed by atoms with Crippen molar-refractivity contribution in [1.29, 1.82) is 0 Å². The number of carbonyl (C=O) groups excluding carboxylic acids is 1. The van der Waals surface area contributed by atoms with Crippen LogP contribution in [0.3, 0.4) is 0 Å². The van der Waals surface area contributed by atoms with Crippen molar-refractivity contribution in [2.24, 2.45) is 34.5 Å². The first-order valence-electron chi connectivity index (χ1n) is 14.6. The Morgan fingerprint density at radius 2 is 1.76 bits per heavy atom. The van der Waals surface area contributed by atoms with Gasteiger partial charge in [-0.25, -0.2) is 4.79 Å². The molecule has 6 aliphatic rings. The molecular weight excluding hydrogens is 492 g/mol. The molecule has 0 aromatic heterocycles. The highest BCUT2D eigenvalue weighted by Gasteiger charge is 2.68. The van der Waals surface area contributed by atoms with Crippen LogP contribution in [0.25, 0.3) is 0 Å². The van der Waals surface area contributed by atoms with Crippen LogP contribution in [-0.4, -0.2) is 87.1 Å². The van der Waals surface area contributed by atoms with E-state index in [1.807, 2.05) is 6.08 Å².